The highest BCUT2D eigenvalue weighted by Gasteiger charge is 2.24. The standard InChI is InChI=1S/C15H30N2O/c1-4-14-8-10-17(11-9-14)15(18)12(2)6-5-7-13(3)16/h12-14H,4-11,16H2,1-3H3. The molecular weight excluding hydrogens is 224 g/mol. The van der Waals surface area contributed by atoms with Crippen LogP contribution in [0.1, 0.15) is 59.3 Å². The fraction of sp³-hybridized carbons (Fsp3) is 0.933. The molecule has 1 saturated heterocycles. The molecule has 1 aliphatic rings. The molecule has 18 heavy (non-hydrogen) atoms. The summed E-state index contributed by atoms with van der Waals surface area (Å²) < 4.78 is 0. The van der Waals surface area contributed by atoms with Gasteiger partial charge in [0, 0.05) is 25.0 Å². The van der Waals surface area contributed by atoms with Gasteiger partial charge in [0.25, 0.3) is 0 Å². The predicted molar refractivity (Wildman–Crippen MR) is 76.3 cm³/mol. The van der Waals surface area contributed by atoms with E-state index in [0.29, 0.717) is 5.91 Å². The number of nitrogens with two attached hydrogens (primary N) is 1. The highest BCUT2D eigenvalue weighted by Crippen LogP contribution is 2.22. The van der Waals surface area contributed by atoms with Crippen LogP contribution in [0.4, 0.5) is 0 Å². The first-order valence-corrected chi connectivity index (χ1v) is 7.59. The first-order valence-electron chi connectivity index (χ1n) is 7.59. The maximum absolute atomic E-state index is 12.3. The van der Waals surface area contributed by atoms with Gasteiger partial charge in [-0.1, -0.05) is 26.7 Å². The van der Waals surface area contributed by atoms with Crippen molar-refractivity contribution in [1.82, 2.24) is 4.90 Å². The molecule has 0 aromatic heterocycles. The van der Waals surface area contributed by atoms with E-state index in [9.17, 15) is 4.79 Å². The summed E-state index contributed by atoms with van der Waals surface area (Å²) in [6.07, 6.45) is 6.70. The zero-order valence-electron chi connectivity index (χ0n) is 12.3. The SMILES string of the molecule is CCC1CCN(C(=O)C(C)CCCC(C)N)CC1. The molecule has 3 nitrogen and oxygen atoms in total. The number of carbonyl (C=O) groups is 1. The smallest absolute Gasteiger partial charge is 0.225 e. The van der Waals surface area contributed by atoms with E-state index in [4.69, 9.17) is 5.73 Å². The van der Waals surface area contributed by atoms with E-state index < -0.39 is 0 Å². The lowest BCUT2D eigenvalue weighted by Gasteiger charge is -2.33. The number of nitrogens with zero attached hydrogens (tertiary/aromatic N) is 1. The quantitative estimate of drug-likeness (QED) is 0.792. The zero-order chi connectivity index (χ0) is 13.5. The second-order valence-corrected chi connectivity index (χ2v) is 5.99. The normalized spacial score (nSPS) is 20.8. The Morgan fingerprint density at radius 3 is 2.39 bits per heavy atom. The van der Waals surface area contributed by atoms with Gasteiger partial charge in [-0.05, 0) is 38.5 Å². The van der Waals surface area contributed by atoms with Gasteiger partial charge in [0.2, 0.25) is 5.91 Å². The first kappa shape index (κ1) is 15.5. The van der Waals surface area contributed by atoms with Crippen molar-refractivity contribution in [2.45, 2.75) is 65.3 Å². The molecule has 2 N–H and O–H groups in total. The highest BCUT2D eigenvalue weighted by molar-refractivity contribution is 5.78. The summed E-state index contributed by atoms with van der Waals surface area (Å²) in [6.45, 7) is 8.28. The fourth-order valence-electron chi connectivity index (χ4n) is 2.74. The summed E-state index contributed by atoms with van der Waals surface area (Å²) in [6, 6.07) is 0.257. The van der Waals surface area contributed by atoms with Crippen molar-refractivity contribution in [3.05, 3.63) is 0 Å². The highest BCUT2D eigenvalue weighted by atomic mass is 16.2. The summed E-state index contributed by atoms with van der Waals surface area (Å²) in [5.74, 6) is 1.36. The molecule has 0 aliphatic carbocycles. The van der Waals surface area contributed by atoms with Crippen LogP contribution in [-0.4, -0.2) is 29.9 Å². The zero-order valence-corrected chi connectivity index (χ0v) is 12.3. The maximum Gasteiger partial charge on any atom is 0.225 e. The van der Waals surface area contributed by atoms with Crippen LogP contribution in [0.3, 0.4) is 0 Å². The van der Waals surface area contributed by atoms with Crippen molar-refractivity contribution in [1.29, 1.82) is 0 Å². The van der Waals surface area contributed by atoms with Crippen LogP contribution in [-0.2, 0) is 4.79 Å². The van der Waals surface area contributed by atoms with E-state index in [1.165, 1.54) is 19.3 Å². The average molecular weight is 254 g/mol. The lowest BCUT2D eigenvalue weighted by molar-refractivity contribution is -0.136. The van der Waals surface area contributed by atoms with Crippen molar-refractivity contribution >= 4 is 5.91 Å². The summed E-state index contributed by atoms with van der Waals surface area (Å²) >= 11 is 0. The third-order valence-corrected chi connectivity index (χ3v) is 4.22. The molecule has 3 heteroatoms. The molecule has 1 amide bonds. The minimum atomic E-state index is 0.168. The van der Waals surface area contributed by atoms with E-state index in [-0.39, 0.29) is 12.0 Å². The molecule has 2 atom stereocenters. The molecule has 1 heterocycles. The number of likely N-dealkylation sites (tertiary alicyclic amines) is 1. The van der Waals surface area contributed by atoms with E-state index >= 15 is 0 Å². The first-order chi connectivity index (χ1) is 8.54. The maximum atomic E-state index is 12.3. The summed E-state index contributed by atoms with van der Waals surface area (Å²) in [7, 11) is 0. The lowest BCUT2D eigenvalue weighted by atomic mass is 9.93. The van der Waals surface area contributed by atoms with Crippen LogP contribution in [0, 0.1) is 11.8 Å². The molecule has 0 spiro atoms. The largest absolute Gasteiger partial charge is 0.342 e. The molecule has 0 saturated carbocycles. The van der Waals surface area contributed by atoms with Gasteiger partial charge < -0.3 is 10.6 Å². The fourth-order valence-corrected chi connectivity index (χ4v) is 2.74. The summed E-state index contributed by atoms with van der Waals surface area (Å²) in [5.41, 5.74) is 5.73. The molecule has 1 rings (SSSR count). The number of piperidine rings is 1. The van der Waals surface area contributed by atoms with E-state index in [2.05, 4.69) is 18.7 Å². The van der Waals surface area contributed by atoms with Crippen molar-refractivity contribution in [3.8, 4) is 0 Å². The van der Waals surface area contributed by atoms with Gasteiger partial charge >= 0.3 is 0 Å². The number of amides is 1. The van der Waals surface area contributed by atoms with Crippen molar-refractivity contribution in [2.75, 3.05) is 13.1 Å². The molecule has 1 fully saturated rings. The van der Waals surface area contributed by atoms with Gasteiger partial charge in [-0.3, -0.25) is 4.79 Å². The molecule has 0 aromatic carbocycles. The van der Waals surface area contributed by atoms with Crippen molar-refractivity contribution in [2.24, 2.45) is 17.6 Å². The lowest BCUT2D eigenvalue weighted by Crippen LogP contribution is -2.41. The third-order valence-electron chi connectivity index (χ3n) is 4.22. The van der Waals surface area contributed by atoms with Gasteiger partial charge in [0.15, 0.2) is 0 Å². The summed E-state index contributed by atoms with van der Waals surface area (Å²) in [4.78, 5) is 14.3. The molecule has 0 radical (unpaired) electrons. The van der Waals surface area contributed by atoms with Crippen LogP contribution in [0.25, 0.3) is 0 Å². The number of hydrogen-bond acceptors (Lipinski definition) is 2. The Balaban J connectivity index is 2.26. The number of rotatable bonds is 6. The van der Waals surface area contributed by atoms with Crippen LogP contribution in [0.5, 0.6) is 0 Å². The minimum Gasteiger partial charge on any atom is -0.342 e. The number of hydrogen-bond donors (Lipinski definition) is 1. The van der Waals surface area contributed by atoms with Gasteiger partial charge in [0.1, 0.15) is 0 Å². The minimum absolute atomic E-state index is 0.168. The molecule has 0 aromatic rings. The van der Waals surface area contributed by atoms with E-state index in [0.717, 1.165) is 38.3 Å². The van der Waals surface area contributed by atoms with Crippen molar-refractivity contribution < 1.29 is 4.79 Å². The van der Waals surface area contributed by atoms with Gasteiger partial charge in [0.05, 0.1) is 0 Å². The van der Waals surface area contributed by atoms with Gasteiger partial charge in [-0.25, -0.2) is 0 Å². The molecular formula is C15H30N2O. The second kappa shape index (κ2) is 7.78. The van der Waals surface area contributed by atoms with Crippen molar-refractivity contribution in [3.63, 3.8) is 0 Å². The Hall–Kier alpha value is -0.570. The van der Waals surface area contributed by atoms with Crippen LogP contribution >= 0.6 is 0 Å². The third kappa shape index (κ3) is 4.97. The molecule has 2 unspecified atom stereocenters. The Morgan fingerprint density at radius 1 is 1.28 bits per heavy atom. The Bertz CT molecular complexity index is 245. The monoisotopic (exact) mass is 254 g/mol. The Morgan fingerprint density at radius 2 is 1.89 bits per heavy atom. The van der Waals surface area contributed by atoms with Gasteiger partial charge in [-0.15, -0.1) is 0 Å². The van der Waals surface area contributed by atoms with Gasteiger partial charge in [-0.2, -0.15) is 0 Å². The second-order valence-electron chi connectivity index (χ2n) is 5.99. The Kier molecular flexibility index (Phi) is 6.69. The topological polar surface area (TPSA) is 46.3 Å². The molecule has 1 aliphatic heterocycles. The van der Waals surface area contributed by atoms with Crippen LogP contribution in [0.2, 0.25) is 0 Å². The predicted octanol–water partition coefficient (Wildman–Crippen LogP) is 2.79. The Labute approximate surface area is 112 Å². The summed E-state index contributed by atoms with van der Waals surface area (Å²) in [5, 5.41) is 0. The number of carbonyl (C=O) groups excluding carboxylic acids is 1. The van der Waals surface area contributed by atoms with E-state index in [1.807, 2.05) is 6.92 Å². The molecule has 106 valence electrons. The van der Waals surface area contributed by atoms with Crippen LogP contribution < -0.4 is 5.73 Å². The average Bonchev–Trinajstić information content (AvgIpc) is 2.37. The van der Waals surface area contributed by atoms with Crippen LogP contribution in [0.15, 0.2) is 0 Å². The van der Waals surface area contributed by atoms with E-state index in [1.54, 1.807) is 0 Å². The molecule has 0 bridgehead atoms.